The second kappa shape index (κ2) is 5.99. The second-order valence-corrected chi connectivity index (χ2v) is 8.26. The number of carbonyl (C=O) groups is 2. The third-order valence-electron chi connectivity index (χ3n) is 6.27. The lowest BCUT2D eigenvalue weighted by Crippen LogP contribution is -2.28. The Morgan fingerprint density at radius 2 is 1.41 bits per heavy atom. The fraction of sp³-hybridized carbons (Fsp3) is 0.250. The molecule has 160 valence electrons. The quantitative estimate of drug-likeness (QED) is 0.610. The molecule has 4 atom stereocenters. The van der Waals surface area contributed by atoms with E-state index >= 15 is 0 Å². The molecule has 0 amide bonds. The molecule has 8 bridgehead atoms. The number of hydrogen-bond acceptors (Lipinski definition) is 8. The Bertz CT molecular complexity index is 1290. The van der Waals surface area contributed by atoms with Crippen LogP contribution in [0.1, 0.15) is 55.2 Å². The van der Waals surface area contributed by atoms with E-state index in [2.05, 4.69) is 13.2 Å². The molecule has 8 nitrogen and oxygen atoms in total. The molecule has 0 radical (unpaired) electrons. The highest BCUT2D eigenvalue weighted by Crippen LogP contribution is 2.55. The number of benzene rings is 2. The molecular weight excluding hydrogens is 416 g/mol. The summed E-state index contributed by atoms with van der Waals surface area (Å²) in [7, 11) is 0. The molecular formula is C24H16O8. The standard InChI is InChI=1S/C24H16O8/c1-9-7-27-23(29-9)19-11-3-4-12-13(5-11)17(25)14-6-15-20(31-19)22(16(14)18(12)26)32-21(15)24-28-8-10(2)30-24/h3-6,19,21,23-24H,1-2,7-8H2. The molecule has 0 aromatic heterocycles. The zero-order chi connectivity index (χ0) is 21.7. The molecule has 0 N–H and O–H groups in total. The maximum Gasteiger partial charge on any atom is 0.241 e. The van der Waals surface area contributed by atoms with E-state index in [1.165, 1.54) is 0 Å². The van der Waals surface area contributed by atoms with Crippen LogP contribution >= 0.6 is 0 Å². The zero-order valence-corrected chi connectivity index (χ0v) is 16.7. The van der Waals surface area contributed by atoms with Crippen LogP contribution in [0.15, 0.2) is 48.9 Å². The Balaban J connectivity index is 1.46. The first-order valence-electron chi connectivity index (χ1n) is 10.2. The van der Waals surface area contributed by atoms with Crippen LogP contribution in [0.2, 0.25) is 0 Å². The first-order valence-corrected chi connectivity index (χ1v) is 10.2. The fourth-order valence-electron chi connectivity index (χ4n) is 4.83. The van der Waals surface area contributed by atoms with E-state index in [4.69, 9.17) is 28.4 Å². The predicted molar refractivity (Wildman–Crippen MR) is 106 cm³/mol. The van der Waals surface area contributed by atoms with Gasteiger partial charge < -0.3 is 28.4 Å². The number of ketones is 2. The topological polar surface area (TPSA) is 89.5 Å². The number of rotatable bonds is 2. The Kier molecular flexibility index (Phi) is 3.37. The van der Waals surface area contributed by atoms with Crippen LogP contribution in [0.5, 0.6) is 11.5 Å². The van der Waals surface area contributed by atoms with Gasteiger partial charge in [-0.3, -0.25) is 9.59 Å². The van der Waals surface area contributed by atoms with E-state index in [1.807, 2.05) is 0 Å². The average molecular weight is 432 g/mol. The van der Waals surface area contributed by atoms with Crippen molar-refractivity contribution < 1.29 is 38.0 Å². The van der Waals surface area contributed by atoms with Crippen LogP contribution in [-0.2, 0) is 18.9 Å². The van der Waals surface area contributed by atoms with Crippen LogP contribution in [0.4, 0.5) is 0 Å². The van der Waals surface area contributed by atoms with Gasteiger partial charge >= 0.3 is 0 Å². The Morgan fingerprint density at radius 3 is 2.09 bits per heavy atom. The second-order valence-electron chi connectivity index (χ2n) is 8.26. The van der Waals surface area contributed by atoms with Crippen LogP contribution in [0.25, 0.3) is 0 Å². The molecule has 2 saturated heterocycles. The average Bonchev–Trinajstić information content (AvgIpc) is 3.46. The van der Waals surface area contributed by atoms with Crippen LogP contribution < -0.4 is 9.47 Å². The van der Waals surface area contributed by atoms with Gasteiger partial charge in [-0.25, -0.2) is 0 Å². The van der Waals surface area contributed by atoms with Gasteiger partial charge in [-0.2, -0.15) is 0 Å². The highest BCUT2D eigenvalue weighted by molar-refractivity contribution is 6.30. The Hall–Kier alpha value is -3.62. The summed E-state index contributed by atoms with van der Waals surface area (Å²) in [6, 6.07) is 6.71. The third kappa shape index (κ3) is 2.23. The molecule has 2 fully saturated rings. The Morgan fingerprint density at radius 1 is 0.719 bits per heavy atom. The van der Waals surface area contributed by atoms with Crippen molar-refractivity contribution >= 4 is 11.6 Å². The molecule has 1 aliphatic carbocycles. The lowest BCUT2D eigenvalue weighted by atomic mass is 9.81. The molecule has 4 unspecified atom stereocenters. The lowest BCUT2D eigenvalue weighted by molar-refractivity contribution is -0.105. The van der Waals surface area contributed by atoms with Crippen molar-refractivity contribution in [1.29, 1.82) is 0 Å². The van der Waals surface area contributed by atoms with Crippen molar-refractivity contribution in [3.8, 4) is 11.5 Å². The van der Waals surface area contributed by atoms with Crippen LogP contribution in [0, 0.1) is 0 Å². The monoisotopic (exact) mass is 432 g/mol. The molecule has 9 rings (SSSR count). The maximum atomic E-state index is 13.4. The summed E-state index contributed by atoms with van der Waals surface area (Å²) >= 11 is 0. The summed E-state index contributed by atoms with van der Waals surface area (Å²) < 4.78 is 35.4. The van der Waals surface area contributed by atoms with E-state index in [-0.39, 0.29) is 41.7 Å². The summed E-state index contributed by atoms with van der Waals surface area (Å²) in [5.74, 6) is 0.983. The van der Waals surface area contributed by atoms with Gasteiger partial charge in [0, 0.05) is 22.3 Å². The van der Waals surface area contributed by atoms with Gasteiger partial charge in [0.15, 0.2) is 35.3 Å². The number of hydrogen-bond donors (Lipinski definition) is 0. The van der Waals surface area contributed by atoms with E-state index < -0.39 is 24.8 Å². The molecule has 6 heterocycles. The minimum absolute atomic E-state index is 0.187. The lowest BCUT2D eigenvalue weighted by Gasteiger charge is -2.28. The molecule has 0 spiro atoms. The number of ether oxygens (including phenoxy) is 6. The van der Waals surface area contributed by atoms with Gasteiger partial charge in [0.1, 0.15) is 24.7 Å². The SMILES string of the molecule is C=C1COC(C2Oc3c4cc5c(c3OC4C3OCC(=C)O3)C(=O)c3ccc2cc3C5=O)O1. The van der Waals surface area contributed by atoms with Gasteiger partial charge in [-0.1, -0.05) is 19.2 Å². The van der Waals surface area contributed by atoms with Gasteiger partial charge in [-0.05, 0) is 23.8 Å². The molecule has 7 aliphatic rings. The molecule has 2 aromatic carbocycles. The highest BCUT2D eigenvalue weighted by Gasteiger charge is 2.48. The summed E-state index contributed by atoms with van der Waals surface area (Å²) in [5, 5.41) is 0. The predicted octanol–water partition coefficient (Wildman–Crippen LogP) is 3.10. The Labute approximate surface area is 181 Å². The first-order chi connectivity index (χ1) is 15.5. The summed E-state index contributed by atoms with van der Waals surface area (Å²) in [6.07, 6.45) is -2.99. The van der Waals surface area contributed by atoms with Crippen molar-refractivity contribution in [2.24, 2.45) is 0 Å². The summed E-state index contributed by atoms with van der Waals surface area (Å²) in [5.41, 5.74) is 2.33. The van der Waals surface area contributed by atoms with Crippen molar-refractivity contribution in [3.05, 3.63) is 82.3 Å². The normalized spacial score (nSPS) is 28.8. The number of carbonyl (C=O) groups excluding carboxylic acids is 2. The molecule has 32 heavy (non-hydrogen) atoms. The minimum atomic E-state index is -0.776. The van der Waals surface area contributed by atoms with Crippen molar-refractivity contribution in [2.75, 3.05) is 13.2 Å². The largest absolute Gasteiger partial charge is 0.475 e. The van der Waals surface area contributed by atoms with E-state index in [0.29, 0.717) is 39.5 Å². The molecule has 0 saturated carbocycles. The van der Waals surface area contributed by atoms with Gasteiger partial charge in [0.25, 0.3) is 0 Å². The van der Waals surface area contributed by atoms with Gasteiger partial charge in [-0.15, -0.1) is 0 Å². The van der Waals surface area contributed by atoms with Gasteiger partial charge in [0.2, 0.25) is 12.6 Å². The molecule has 2 aromatic rings. The van der Waals surface area contributed by atoms with Crippen molar-refractivity contribution in [3.63, 3.8) is 0 Å². The highest BCUT2D eigenvalue weighted by atomic mass is 16.7. The fourth-order valence-corrected chi connectivity index (χ4v) is 4.83. The van der Waals surface area contributed by atoms with Crippen LogP contribution in [0.3, 0.4) is 0 Å². The first kappa shape index (κ1) is 18.0. The minimum Gasteiger partial charge on any atom is -0.475 e. The summed E-state index contributed by atoms with van der Waals surface area (Å²) in [6.45, 7) is 8.06. The number of fused-ring (bicyclic) bond motifs is 1. The van der Waals surface area contributed by atoms with E-state index in [9.17, 15) is 9.59 Å². The smallest absolute Gasteiger partial charge is 0.241 e. The van der Waals surface area contributed by atoms with Crippen molar-refractivity contribution in [2.45, 2.75) is 24.8 Å². The summed E-state index contributed by atoms with van der Waals surface area (Å²) in [4.78, 5) is 26.8. The third-order valence-corrected chi connectivity index (χ3v) is 6.27. The van der Waals surface area contributed by atoms with E-state index in [0.717, 1.165) is 0 Å². The molecule has 8 heteroatoms. The molecule has 6 aliphatic heterocycles. The maximum absolute atomic E-state index is 13.4. The van der Waals surface area contributed by atoms with Crippen molar-refractivity contribution in [1.82, 2.24) is 0 Å². The van der Waals surface area contributed by atoms with E-state index in [1.54, 1.807) is 24.3 Å². The van der Waals surface area contributed by atoms with Gasteiger partial charge in [0.05, 0.1) is 5.56 Å². The van der Waals surface area contributed by atoms with Crippen LogP contribution in [-0.4, -0.2) is 37.4 Å². The zero-order valence-electron chi connectivity index (χ0n) is 16.7.